The first-order valence-corrected chi connectivity index (χ1v) is 18.4. The molecule has 2 amide bonds. The first kappa shape index (κ1) is 36.3. The number of likely N-dealkylation sites (N-methyl/N-ethyl adjacent to an activating group) is 1. The second-order valence-corrected chi connectivity index (χ2v) is 14.4. The van der Waals surface area contributed by atoms with Gasteiger partial charge in [0.25, 0.3) is 0 Å². The summed E-state index contributed by atoms with van der Waals surface area (Å²) in [5.74, 6) is -1.72. The van der Waals surface area contributed by atoms with Crippen molar-refractivity contribution in [3.05, 3.63) is 83.1 Å². The fraction of sp³-hybridized carbons (Fsp3) is 0.359. The van der Waals surface area contributed by atoms with E-state index >= 15 is 4.39 Å². The number of fused-ring (bicyclic) bond motifs is 3. The van der Waals surface area contributed by atoms with Gasteiger partial charge in [-0.3, -0.25) is 24.2 Å². The molecule has 0 aliphatic carbocycles. The van der Waals surface area contributed by atoms with E-state index in [2.05, 4.69) is 24.5 Å². The van der Waals surface area contributed by atoms with Crippen molar-refractivity contribution < 1.29 is 27.8 Å². The van der Waals surface area contributed by atoms with Crippen LogP contribution in [-0.2, 0) is 27.3 Å². The van der Waals surface area contributed by atoms with Crippen LogP contribution in [0.4, 0.5) is 8.78 Å². The number of hydrogen-bond acceptors (Lipinski definition) is 9. The molecule has 11 nitrogen and oxygen atoms in total. The highest BCUT2D eigenvalue weighted by Crippen LogP contribution is 2.48. The van der Waals surface area contributed by atoms with Gasteiger partial charge in [0.2, 0.25) is 11.8 Å². The Bertz CT molecular complexity index is 2230. The first-order valence-electron chi connectivity index (χ1n) is 17.5. The molecule has 53 heavy (non-hydrogen) atoms. The van der Waals surface area contributed by atoms with Crippen LogP contribution in [-0.4, -0.2) is 100 Å². The summed E-state index contributed by atoms with van der Waals surface area (Å²) in [6, 6.07) is 7.53. The zero-order valence-corrected chi connectivity index (χ0v) is 31.2. The van der Waals surface area contributed by atoms with Gasteiger partial charge in [0.15, 0.2) is 0 Å². The molecule has 0 bridgehead atoms. The molecule has 0 fully saturated rings. The lowest BCUT2D eigenvalue weighted by Gasteiger charge is -2.35. The van der Waals surface area contributed by atoms with E-state index in [1.807, 2.05) is 35.3 Å². The van der Waals surface area contributed by atoms with Gasteiger partial charge >= 0.3 is 0 Å². The first-order chi connectivity index (χ1) is 25.5. The molecule has 0 N–H and O–H groups in total. The van der Waals surface area contributed by atoms with Crippen molar-refractivity contribution in [3.63, 3.8) is 0 Å². The second-order valence-electron chi connectivity index (χ2n) is 13.5. The lowest BCUT2D eigenvalue weighted by Crippen LogP contribution is -2.41. The van der Waals surface area contributed by atoms with E-state index in [4.69, 9.17) is 24.5 Å². The van der Waals surface area contributed by atoms with Crippen LogP contribution in [0.1, 0.15) is 42.9 Å². The predicted molar refractivity (Wildman–Crippen MR) is 200 cm³/mol. The van der Waals surface area contributed by atoms with Crippen molar-refractivity contribution in [3.8, 4) is 39.5 Å². The number of carbonyl (C=O) groups is 2. The van der Waals surface area contributed by atoms with E-state index in [0.717, 1.165) is 34.0 Å². The predicted octanol–water partition coefficient (Wildman–Crippen LogP) is 6.29. The summed E-state index contributed by atoms with van der Waals surface area (Å²) < 4.78 is 44.7. The number of ether oxygens (including phenoxy) is 2. The SMILES string of the molecule is C=CC(=O)N1CCn2nc(-c3nc(-c4cnc5c(c4)[C@@H](C)N(CC(=O)N(C)C)CC5)c4ccsc4c3-c3c(F)cc(F)cc3OCCOC)cc2[C@H]1C. The van der Waals surface area contributed by atoms with E-state index in [0.29, 0.717) is 59.9 Å². The molecule has 6 heterocycles. The smallest absolute Gasteiger partial charge is 0.246 e. The molecule has 0 saturated carbocycles. The molecule has 0 unspecified atom stereocenters. The van der Waals surface area contributed by atoms with Crippen molar-refractivity contribution in [1.29, 1.82) is 0 Å². The third-order valence-corrected chi connectivity index (χ3v) is 11.1. The van der Waals surface area contributed by atoms with E-state index in [9.17, 15) is 14.0 Å². The number of aromatic nitrogens is 4. The van der Waals surface area contributed by atoms with Crippen LogP contribution in [0.3, 0.4) is 0 Å². The number of hydrogen-bond donors (Lipinski definition) is 0. The number of rotatable bonds is 10. The summed E-state index contributed by atoms with van der Waals surface area (Å²) >= 11 is 1.41. The van der Waals surface area contributed by atoms with Crippen LogP contribution >= 0.6 is 11.3 Å². The molecular weight excluding hydrogens is 701 g/mol. The number of thiophene rings is 1. The van der Waals surface area contributed by atoms with E-state index in [-0.39, 0.29) is 48.4 Å². The number of halogens is 2. The van der Waals surface area contributed by atoms with Crippen LogP contribution in [0, 0.1) is 11.6 Å². The van der Waals surface area contributed by atoms with Crippen molar-refractivity contribution in [2.75, 3.05) is 54.1 Å². The fourth-order valence-electron chi connectivity index (χ4n) is 7.22. The van der Waals surface area contributed by atoms with Crippen LogP contribution in [0.25, 0.3) is 43.9 Å². The Kier molecular flexibility index (Phi) is 10.1. The number of nitrogens with zero attached hydrogens (tertiary/aromatic N) is 7. The van der Waals surface area contributed by atoms with E-state index in [1.54, 1.807) is 23.9 Å². The molecule has 14 heteroatoms. The molecule has 2 aliphatic heterocycles. The Labute approximate surface area is 310 Å². The van der Waals surface area contributed by atoms with Gasteiger partial charge < -0.3 is 19.3 Å². The minimum Gasteiger partial charge on any atom is -0.490 e. The number of carbonyl (C=O) groups excluding carboxylic acids is 2. The van der Waals surface area contributed by atoms with Gasteiger partial charge in [-0.05, 0) is 49.1 Å². The molecule has 2 aliphatic rings. The minimum atomic E-state index is -0.806. The van der Waals surface area contributed by atoms with E-state index in [1.165, 1.54) is 30.6 Å². The van der Waals surface area contributed by atoms with E-state index < -0.39 is 11.6 Å². The highest BCUT2D eigenvalue weighted by molar-refractivity contribution is 7.18. The summed E-state index contributed by atoms with van der Waals surface area (Å²) in [4.78, 5) is 41.0. The fourth-order valence-corrected chi connectivity index (χ4v) is 8.17. The maximum Gasteiger partial charge on any atom is 0.246 e. The quantitative estimate of drug-likeness (QED) is 0.122. The molecule has 5 aromatic rings. The summed E-state index contributed by atoms with van der Waals surface area (Å²) in [6.45, 7) is 9.84. The van der Waals surface area contributed by atoms with Gasteiger partial charge in [-0.2, -0.15) is 5.10 Å². The number of methoxy groups -OCH3 is 1. The van der Waals surface area contributed by atoms with Crippen LogP contribution in [0.2, 0.25) is 0 Å². The third-order valence-electron chi connectivity index (χ3n) is 10.1. The number of benzene rings is 1. The summed E-state index contributed by atoms with van der Waals surface area (Å²) in [5, 5.41) is 7.64. The Morgan fingerprint density at radius 1 is 1.06 bits per heavy atom. The third kappa shape index (κ3) is 6.70. The number of amides is 2. The van der Waals surface area contributed by atoms with Crippen molar-refractivity contribution >= 4 is 33.2 Å². The molecule has 7 rings (SSSR count). The van der Waals surface area contributed by atoms with Gasteiger partial charge in [-0.25, -0.2) is 13.8 Å². The Morgan fingerprint density at radius 3 is 2.62 bits per heavy atom. The van der Waals surface area contributed by atoms with Crippen molar-refractivity contribution in [2.24, 2.45) is 0 Å². The summed E-state index contributed by atoms with van der Waals surface area (Å²) in [7, 11) is 5.03. The maximum atomic E-state index is 16.2. The maximum absolute atomic E-state index is 16.2. The zero-order chi connectivity index (χ0) is 37.6. The average molecular weight is 742 g/mol. The standard InChI is InChI=1S/C39H41F2N7O4S/c1-7-33(49)47-11-12-48-31(23(47)3)19-30(44-48)38-36(35-28(41)17-25(40)18-32(35)52-14-13-51-6)39-26(9-15-53-39)37(43-38)24-16-27-22(2)46(21-34(50)45(4)5)10-8-29(27)42-20-24/h7,9,15-20,22-23H,1,8,10-14,21H2,2-6H3/t22-,23-/m1/s1. The monoisotopic (exact) mass is 741 g/mol. The molecule has 0 saturated heterocycles. The topological polar surface area (TPSA) is 106 Å². The molecule has 0 radical (unpaired) electrons. The average Bonchev–Trinajstić information content (AvgIpc) is 3.81. The Morgan fingerprint density at radius 2 is 1.87 bits per heavy atom. The molecule has 276 valence electrons. The normalized spacial score (nSPS) is 17.1. The van der Waals surface area contributed by atoms with Crippen LogP contribution in [0.15, 0.2) is 54.6 Å². The van der Waals surface area contributed by atoms with Crippen molar-refractivity contribution in [1.82, 2.24) is 34.4 Å². The molecule has 0 spiro atoms. The largest absolute Gasteiger partial charge is 0.490 e. The molecule has 2 atom stereocenters. The second kappa shape index (κ2) is 14.8. The Balaban J connectivity index is 1.44. The zero-order valence-electron chi connectivity index (χ0n) is 30.4. The van der Waals surface area contributed by atoms with Gasteiger partial charge in [0.1, 0.15) is 35.4 Å². The lowest BCUT2D eigenvalue weighted by atomic mass is 9.93. The van der Waals surface area contributed by atoms with Crippen LogP contribution in [0.5, 0.6) is 5.75 Å². The summed E-state index contributed by atoms with van der Waals surface area (Å²) in [6.07, 6.45) is 3.81. The molecule has 1 aromatic carbocycles. The van der Waals surface area contributed by atoms with Gasteiger partial charge in [-0.15, -0.1) is 11.3 Å². The van der Waals surface area contributed by atoms with Gasteiger partial charge in [0.05, 0.1) is 42.7 Å². The Hall–Kier alpha value is -5.05. The van der Waals surface area contributed by atoms with Gasteiger partial charge in [-0.1, -0.05) is 6.58 Å². The van der Waals surface area contributed by atoms with Crippen molar-refractivity contribution in [2.45, 2.75) is 38.9 Å². The minimum absolute atomic E-state index is 0.0155. The highest BCUT2D eigenvalue weighted by atomic mass is 32.1. The van der Waals surface area contributed by atoms with Crippen LogP contribution < -0.4 is 4.74 Å². The summed E-state index contributed by atoms with van der Waals surface area (Å²) in [5.41, 5.74) is 5.45. The molecule has 4 aromatic heterocycles. The number of pyridine rings is 2. The lowest BCUT2D eigenvalue weighted by molar-refractivity contribution is -0.130. The highest BCUT2D eigenvalue weighted by Gasteiger charge is 2.32. The molecular formula is C39H41F2N7O4S. The van der Waals surface area contributed by atoms with Gasteiger partial charge in [0, 0.05) is 92.0 Å².